The van der Waals surface area contributed by atoms with Gasteiger partial charge in [-0.15, -0.1) is 0 Å². The van der Waals surface area contributed by atoms with Crippen LogP contribution < -0.4 is 16.6 Å². The van der Waals surface area contributed by atoms with Crippen LogP contribution in [0.25, 0.3) is 11.2 Å². The fraction of sp³-hybridized carbons (Fsp3) is 0.294. The second-order valence-electron chi connectivity index (χ2n) is 6.05. The van der Waals surface area contributed by atoms with Crippen LogP contribution in [0.5, 0.6) is 0 Å². The SMILES string of the molecule is Cc1cccc(NC(=O)Cn2cnc3c2c(=O)n(C)c(=O)n3C)c1C. The molecule has 0 aliphatic heterocycles. The molecule has 0 bridgehead atoms. The van der Waals surface area contributed by atoms with E-state index in [1.165, 1.54) is 29.6 Å². The van der Waals surface area contributed by atoms with Crippen LogP contribution in [0.3, 0.4) is 0 Å². The van der Waals surface area contributed by atoms with Gasteiger partial charge in [0.25, 0.3) is 5.56 Å². The smallest absolute Gasteiger partial charge is 0.324 e. The molecule has 1 aromatic carbocycles. The average molecular weight is 341 g/mol. The minimum Gasteiger partial charge on any atom is -0.324 e. The normalized spacial score (nSPS) is 11.0. The van der Waals surface area contributed by atoms with E-state index in [1.807, 2.05) is 32.0 Å². The van der Waals surface area contributed by atoms with Crippen molar-refractivity contribution < 1.29 is 4.79 Å². The van der Waals surface area contributed by atoms with Crippen LogP contribution >= 0.6 is 0 Å². The lowest BCUT2D eigenvalue weighted by molar-refractivity contribution is -0.116. The second-order valence-corrected chi connectivity index (χ2v) is 6.05. The molecule has 0 radical (unpaired) electrons. The van der Waals surface area contributed by atoms with Crippen molar-refractivity contribution in [1.82, 2.24) is 18.7 Å². The third kappa shape index (κ3) is 2.75. The Kier molecular flexibility index (Phi) is 4.03. The molecule has 0 saturated heterocycles. The number of anilines is 1. The van der Waals surface area contributed by atoms with Crippen molar-refractivity contribution >= 4 is 22.8 Å². The number of carbonyl (C=O) groups is 1. The first-order valence-corrected chi connectivity index (χ1v) is 7.78. The quantitative estimate of drug-likeness (QED) is 0.759. The Balaban J connectivity index is 1.96. The van der Waals surface area contributed by atoms with Crippen LogP contribution in [0.15, 0.2) is 34.1 Å². The van der Waals surface area contributed by atoms with E-state index in [4.69, 9.17) is 0 Å². The van der Waals surface area contributed by atoms with Gasteiger partial charge in [0, 0.05) is 19.8 Å². The number of aryl methyl sites for hydroxylation is 2. The van der Waals surface area contributed by atoms with E-state index in [0.29, 0.717) is 0 Å². The van der Waals surface area contributed by atoms with Gasteiger partial charge in [0.1, 0.15) is 6.54 Å². The Labute approximate surface area is 143 Å². The number of imidazole rings is 1. The largest absolute Gasteiger partial charge is 0.332 e. The number of rotatable bonds is 3. The lowest BCUT2D eigenvalue weighted by atomic mass is 10.1. The minimum atomic E-state index is -0.477. The number of aromatic nitrogens is 4. The summed E-state index contributed by atoms with van der Waals surface area (Å²) in [6.07, 6.45) is 1.40. The van der Waals surface area contributed by atoms with Crippen molar-refractivity contribution in [2.24, 2.45) is 14.1 Å². The Hall–Kier alpha value is -3.16. The summed E-state index contributed by atoms with van der Waals surface area (Å²) >= 11 is 0. The van der Waals surface area contributed by atoms with E-state index in [1.54, 1.807) is 0 Å². The topological polar surface area (TPSA) is 90.9 Å². The van der Waals surface area contributed by atoms with Gasteiger partial charge in [-0.2, -0.15) is 0 Å². The molecule has 0 atom stereocenters. The second kappa shape index (κ2) is 6.04. The van der Waals surface area contributed by atoms with Crippen molar-refractivity contribution in [2.45, 2.75) is 20.4 Å². The number of amides is 1. The summed E-state index contributed by atoms with van der Waals surface area (Å²) in [5.74, 6) is -0.274. The monoisotopic (exact) mass is 341 g/mol. The molecular weight excluding hydrogens is 322 g/mol. The highest BCUT2D eigenvalue weighted by molar-refractivity contribution is 5.92. The van der Waals surface area contributed by atoms with Gasteiger partial charge in [0.05, 0.1) is 6.33 Å². The molecule has 0 unspecified atom stereocenters. The summed E-state index contributed by atoms with van der Waals surface area (Å²) < 4.78 is 3.75. The fourth-order valence-corrected chi connectivity index (χ4v) is 2.75. The van der Waals surface area contributed by atoms with Gasteiger partial charge >= 0.3 is 5.69 Å². The molecule has 3 rings (SSSR count). The van der Waals surface area contributed by atoms with Crippen LogP contribution in [0.2, 0.25) is 0 Å². The van der Waals surface area contributed by atoms with Crippen molar-refractivity contribution in [3.63, 3.8) is 0 Å². The molecule has 130 valence electrons. The molecule has 2 aromatic heterocycles. The summed E-state index contributed by atoms with van der Waals surface area (Å²) in [7, 11) is 2.94. The number of hydrogen-bond donors (Lipinski definition) is 1. The molecule has 0 saturated carbocycles. The molecule has 8 heteroatoms. The molecule has 3 aromatic rings. The number of hydrogen-bond acceptors (Lipinski definition) is 4. The van der Waals surface area contributed by atoms with E-state index < -0.39 is 11.2 Å². The van der Waals surface area contributed by atoms with Crippen molar-refractivity contribution in [3.8, 4) is 0 Å². The molecule has 0 fully saturated rings. The summed E-state index contributed by atoms with van der Waals surface area (Å²) in [6.45, 7) is 3.83. The van der Waals surface area contributed by atoms with E-state index in [2.05, 4.69) is 10.3 Å². The zero-order chi connectivity index (χ0) is 18.3. The van der Waals surface area contributed by atoms with Crippen molar-refractivity contribution in [1.29, 1.82) is 0 Å². The maximum atomic E-state index is 12.4. The Morgan fingerprint density at radius 2 is 1.88 bits per heavy atom. The highest BCUT2D eigenvalue weighted by Gasteiger charge is 2.16. The third-order valence-corrected chi connectivity index (χ3v) is 4.41. The number of nitrogens with one attached hydrogen (secondary N) is 1. The Morgan fingerprint density at radius 1 is 1.16 bits per heavy atom. The zero-order valence-corrected chi connectivity index (χ0v) is 14.5. The molecule has 1 N–H and O–H groups in total. The van der Waals surface area contributed by atoms with Crippen LogP contribution in [0.4, 0.5) is 5.69 Å². The van der Waals surface area contributed by atoms with E-state index in [0.717, 1.165) is 21.4 Å². The van der Waals surface area contributed by atoms with Crippen LogP contribution in [-0.2, 0) is 25.4 Å². The number of benzene rings is 1. The molecule has 2 heterocycles. The first-order valence-electron chi connectivity index (χ1n) is 7.78. The number of carbonyl (C=O) groups excluding carboxylic acids is 1. The Bertz CT molecular complexity index is 1100. The lowest BCUT2D eigenvalue weighted by Crippen LogP contribution is -2.37. The van der Waals surface area contributed by atoms with Gasteiger partial charge in [-0.3, -0.25) is 18.7 Å². The summed E-state index contributed by atoms with van der Waals surface area (Å²) in [6, 6.07) is 5.67. The molecule has 25 heavy (non-hydrogen) atoms. The van der Waals surface area contributed by atoms with E-state index >= 15 is 0 Å². The first kappa shape index (κ1) is 16.7. The maximum absolute atomic E-state index is 12.4. The van der Waals surface area contributed by atoms with Crippen LogP contribution in [0, 0.1) is 13.8 Å². The van der Waals surface area contributed by atoms with E-state index in [9.17, 15) is 14.4 Å². The average Bonchev–Trinajstić information content (AvgIpc) is 2.99. The summed E-state index contributed by atoms with van der Waals surface area (Å²) in [5, 5.41) is 2.85. The van der Waals surface area contributed by atoms with Crippen molar-refractivity contribution in [3.05, 3.63) is 56.5 Å². The molecule has 8 nitrogen and oxygen atoms in total. The highest BCUT2D eigenvalue weighted by Crippen LogP contribution is 2.18. The molecule has 0 aliphatic carbocycles. The van der Waals surface area contributed by atoms with Gasteiger partial charge in [-0.1, -0.05) is 12.1 Å². The predicted octanol–water partition coefficient (Wildman–Crippen LogP) is 0.689. The fourth-order valence-electron chi connectivity index (χ4n) is 2.75. The molecular formula is C17H19N5O3. The number of fused-ring (bicyclic) bond motifs is 1. The highest BCUT2D eigenvalue weighted by atomic mass is 16.2. The summed E-state index contributed by atoms with van der Waals surface area (Å²) in [4.78, 5) is 40.8. The molecule has 0 aliphatic rings. The van der Waals surface area contributed by atoms with Gasteiger partial charge in [0.2, 0.25) is 5.91 Å². The molecule has 0 spiro atoms. The number of nitrogens with zero attached hydrogens (tertiary/aromatic N) is 4. The maximum Gasteiger partial charge on any atom is 0.332 e. The van der Waals surface area contributed by atoms with Crippen LogP contribution in [-0.4, -0.2) is 24.6 Å². The first-order chi connectivity index (χ1) is 11.8. The minimum absolute atomic E-state index is 0.0721. The van der Waals surface area contributed by atoms with Crippen molar-refractivity contribution in [2.75, 3.05) is 5.32 Å². The van der Waals surface area contributed by atoms with Gasteiger partial charge < -0.3 is 9.88 Å². The summed E-state index contributed by atoms with van der Waals surface area (Å²) in [5.41, 5.74) is 2.35. The van der Waals surface area contributed by atoms with Crippen LogP contribution in [0.1, 0.15) is 11.1 Å². The van der Waals surface area contributed by atoms with Gasteiger partial charge in [-0.25, -0.2) is 9.78 Å². The van der Waals surface area contributed by atoms with Gasteiger partial charge in [0.15, 0.2) is 11.2 Å². The molecule has 1 amide bonds. The van der Waals surface area contributed by atoms with E-state index in [-0.39, 0.29) is 23.6 Å². The predicted molar refractivity (Wildman–Crippen MR) is 94.8 cm³/mol. The standard InChI is InChI=1S/C17H19N5O3/c1-10-6-5-7-12(11(10)2)19-13(23)8-22-9-18-15-14(22)16(24)21(4)17(25)20(15)3/h5-7,9H,8H2,1-4H3,(H,19,23). The Morgan fingerprint density at radius 3 is 2.60 bits per heavy atom. The lowest BCUT2D eigenvalue weighted by Gasteiger charge is -2.11. The van der Waals surface area contributed by atoms with Gasteiger partial charge in [-0.05, 0) is 31.0 Å². The third-order valence-electron chi connectivity index (χ3n) is 4.41. The zero-order valence-electron chi connectivity index (χ0n) is 14.5.